The molecule has 0 saturated carbocycles. The summed E-state index contributed by atoms with van der Waals surface area (Å²) in [4.78, 5) is 0. The number of nitrogens with one attached hydrogen (secondary N) is 2. The number of hydroxylamine groups is 1. The van der Waals surface area contributed by atoms with E-state index in [0.29, 0.717) is 19.6 Å². The smallest absolute Gasteiger partial charge is 0.00750 e. The lowest BCUT2D eigenvalue weighted by atomic mass is 10.6. The van der Waals surface area contributed by atoms with Gasteiger partial charge in [-0.05, 0) is 6.54 Å². The van der Waals surface area contributed by atoms with Crippen molar-refractivity contribution in [2.45, 2.75) is 0 Å². The van der Waals surface area contributed by atoms with E-state index in [9.17, 15) is 5.21 Å². The predicted molar refractivity (Wildman–Crippen MR) is 33.3 cm³/mol. The second-order valence-electron chi connectivity index (χ2n) is 1.43. The quantitative estimate of drug-likeness (QED) is 0.307. The summed E-state index contributed by atoms with van der Waals surface area (Å²) in [5.74, 6) is 0. The lowest BCUT2D eigenvalue weighted by Gasteiger charge is -2.06. The summed E-state index contributed by atoms with van der Waals surface area (Å²) < 4.78 is 0. The fourth-order valence-corrected chi connectivity index (χ4v) is 0.366. The average Bonchev–Trinajstić information content (AvgIpc) is 1.81. The van der Waals surface area contributed by atoms with Crippen LogP contribution in [0, 0.1) is 5.21 Å². The lowest BCUT2D eigenvalue weighted by Crippen LogP contribution is -2.28. The first kappa shape index (κ1) is 7.84. The summed E-state index contributed by atoms with van der Waals surface area (Å²) in [7, 11) is 0. The minimum Gasteiger partial charge on any atom is -0.788 e. The zero-order valence-corrected chi connectivity index (χ0v) is 4.81. The van der Waals surface area contributed by atoms with Gasteiger partial charge in [0.05, 0.1) is 0 Å². The molecule has 0 amide bonds. The Morgan fingerprint density at radius 2 is 2.00 bits per heavy atom. The van der Waals surface area contributed by atoms with Gasteiger partial charge in [-0.15, -0.1) is 0 Å². The molecule has 0 spiro atoms. The van der Waals surface area contributed by atoms with Gasteiger partial charge in [0, 0.05) is 19.6 Å². The molecular weight excluding hydrogens is 106 g/mol. The molecule has 4 heteroatoms. The number of rotatable bonds is 5. The molecule has 0 heterocycles. The van der Waals surface area contributed by atoms with Crippen LogP contribution in [-0.4, -0.2) is 26.2 Å². The molecule has 4 nitrogen and oxygen atoms in total. The monoisotopic (exact) mass is 118 g/mol. The fourth-order valence-electron chi connectivity index (χ4n) is 0.366. The Kier molecular flexibility index (Phi) is 6.70. The van der Waals surface area contributed by atoms with Crippen LogP contribution in [0.3, 0.4) is 0 Å². The standard InChI is InChI=1S/C4H12N3O/c5-1-2-6-3-4-7-8/h6-7H,1-5H2/q-1. The zero-order chi connectivity index (χ0) is 6.24. The van der Waals surface area contributed by atoms with Crippen LogP contribution in [0.15, 0.2) is 0 Å². The van der Waals surface area contributed by atoms with Crippen molar-refractivity contribution in [3.63, 3.8) is 0 Å². The molecule has 0 fully saturated rings. The van der Waals surface area contributed by atoms with Gasteiger partial charge in [0.2, 0.25) is 0 Å². The third-order valence-corrected chi connectivity index (χ3v) is 0.725. The highest BCUT2D eigenvalue weighted by molar-refractivity contribution is 4.50. The number of nitrogens with two attached hydrogens (primary N) is 1. The third-order valence-electron chi connectivity index (χ3n) is 0.725. The lowest BCUT2D eigenvalue weighted by molar-refractivity contribution is 0.667. The molecule has 0 atom stereocenters. The predicted octanol–water partition coefficient (Wildman–Crippen LogP) is -1.38. The van der Waals surface area contributed by atoms with Crippen LogP contribution in [0.5, 0.6) is 0 Å². The van der Waals surface area contributed by atoms with Crippen molar-refractivity contribution >= 4 is 0 Å². The Hall–Kier alpha value is -0.160. The first-order chi connectivity index (χ1) is 3.91. The van der Waals surface area contributed by atoms with Crippen molar-refractivity contribution in [2.75, 3.05) is 26.2 Å². The van der Waals surface area contributed by atoms with E-state index in [0.717, 1.165) is 6.54 Å². The highest BCUT2D eigenvalue weighted by Gasteiger charge is 1.77. The van der Waals surface area contributed by atoms with Crippen LogP contribution in [0.4, 0.5) is 0 Å². The van der Waals surface area contributed by atoms with Crippen molar-refractivity contribution in [1.29, 1.82) is 0 Å². The zero-order valence-electron chi connectivity index (χ0n) is 4.81. The molecule has 0 aromatic carbocycles. The molecule has 0 aromatic heterocycles. The van der Waals surface area contributed by atoms with E-state index in [1.807, 2.05) is 0 Å². The average molecular weight is 118 g/mol. The number of hydrogen-bond acceptors (Lipinski definition) is 4. The van der Waals surface area contributed by atoms with Gasteiger partial charge in [-0.3, -0.25) is 0 Å². The molecule has 0 aromatic rings. The summed E-state index contributed by atoms with van der Waals surface area (Å²) in [6, 6.07) is 0. The molecule has 4 N–H and O–H groups in total. The summed E-state index contributed by atoms with van der Waals surface area (Å²) in [6.45, 7) is 2.56. The van der Waals surface area contributed by atoms with Gasteiger partial charge in [-0.2, -0.15) is 0 Å². The van der Waals surface area contributed by atoms with E-state index >= 15 is 0 Å². The Balaban J connectivity index is 2.53. The topological polar surface area (TPSA) is 73.1 Å². The van der Waals surface area contributed by atoms with E-state index in [1.165, 1.54) is 0 Å². The summed E-state index contributed by atoms with van der Waals surface area (Å²) in [5.41, 5.74) is 6.92. The maximum absolute atomic E-state index is 9.57. The Labute approximate surface area is 49.0 Å². The van der Waals surface area contributed by atoms with Gasteiger partial charge in [0.25, 0.3) is 0 Å². The van der Waals surface area contributed by atoms with Crippen molar-refractivity contribution in [2.24, 2.45) is 5.73 Å². The molecule has 8 heavy (non-hydrogen) atoms. The molecule has 0 aliphatic heterocycles. The maximum atomic E-state index is 9.57. The second kappa shape index (κ2) is 6.84. The van der Waals surface area contributed by atoms with Crippen molar-refractivity contribution in [1.82, 2.24) is 10.8 Å². The normalized spacial score (nSPS) is 9.75. The second-order valence-corrected chi connectivity index (χ2v) is 1.43. The molecule has 0 rings (SSSR count). The fraction of sp³-hybridized carbons (Fsp3) is 1.00. The molecule has 0 aliphatic carbocycles. The highest BCUT2D eigenvalue weighted by atomic mass is 16.5. The number of hydrogen-bond donors (Lipinski definition) is 3. The van der Waals surface area contributed by atoms with Gasteiger partial charge < -0.3 is 21.7 Å². The van der Waals surface area contributed by atoms with Crippen LogP contribution in [0.25, 0.3) is 0 Å². The van der Waals surface area contributed by atoms with Crippen LogP contribution in [0.1, 0.15) is 0 Å². The Morgan fingerprint density at radius 3 is 2.50 bits per heavy atom. The van der Waals surface area contributed by atoms with Crippen LogP contribution < -0.4 is 16.5 Å². The largest absolute Gasteiger partial charge is 0.788 e. The highest BCUT2D eigenvalue weighted by Crippen LogP contribution is 1.53. The molecule has 0 saturated heterocycles. The van der Waals surface area contributed by atoms with E-state index < -0.39 is 0 Å². The third kappa shape index (κ3) is 5.84. The minimum atomic E-state index is 0.458. The van der Waals surface area contributed by atoms with Crippen LogP contribution >= 0.6 is 0 Å². The SMILES string of the molecule is NCCNCCN[O-]. The van der Waals surface area contributed by atoms with Crippen molar-refractivity contribution in [3.8, 4) is 0 Å². The Morgan fingerprint density at radius 1 is 1.25 bits per heavy atom. The van der Waals surface area contributed by atoms with Crippen molar-refractivity contribution < 1.29 is 0 Å². The molecular formula is C4H12N3O-. The van der Waals surface area contributed by atoms with E-state index in [1.54, 1.807) is 5.48 Å². The molecule has 0 aliphatic rings. The molecule has 0 unspecified atom stereocenters. The molecule has 50 valence electrons. The molecule has 0 bridgehead atoms. The van der Waals surface area contributed by atoms with Gasteiger partial charge >= 0.3 is 0 Å². The van der Waals surface area contributed by atoms with Crippen LogP contribution in [-0.2, 0) is 0 Å². The van der Waals surface area contributed by atoms with Crippen molar-refractivity contribution in [3.05, 3.63) is 5.21 Å². The van der Waals surface area contributed by atoms with Gasteiger partial charge in [-0.25, -0.2) is 0 Å². The summed E-state index contributed by atoms with van der Waals surface area (Å²) in [5, 5.41) is 12.5. The molecule has 0 radical (unpaired) electrons. The van der Waals surface area contributed by atoms with Gasteiger partial charge in [0.15, 0.2) is 0 Å². The first-order valence-corrected chi connectivity index (χ1v) is 2.67. The maximum Gasteiger partial charge on any atom is 0.00750 e. The van der Waals surface area contributed by atoms with E-state index in [4.69, 9.17) is 5.73 Å². The first-order valence-electron chi connectivity index (χ1n) is 2.67. The van der Waals surface area contributed by atoms with Gasteiger partial charge in [0.1, 0.15) is 0 Å². The summed E-state index contributed by atoms with van der Waals surface area (Å²) >= 11 is 0. The van der Waals surface area contributed by atoms with E-state index in [2.05, 4.69) is 5.32 Å². The van der Waals surface area contributed by atoms with Gasteiger partial charge in [-0.1, -0.05) is 0 Å². The minimum absolute atomic E-state index is 0.458. The summed E-state index contributed by atoms with van der Waals surface area (Å²) in [6.07, 6.45) is 0. The van der Waals surface area contributed by atoms with Crippen LogP contribution in [0.2, 0.25) is 0 Å². The van der Waals surface area contributed by atoms with E-state index in [-0.39, 0.29) is 0 Å². The Bertz CT molecular complexity index is 36.3.